The molecule has 1 saturated heterocycles. The highest BCUT2D eigenvalue weighted by Crippen LogP contribution is 2.39. The Morgan fingerprint density at radius 1 is 1.27 bits per heavy atom. The summed E-state index contributed by atoms with van der Waals surface area (Å²) in [5.74, 6) is 0.319. The lowest BCUT2D eigenvalue weighted by atomic mass is 9.85. The highest BCUT2D eigenvalue weighted by Gasteiger charge is 2.32. The van der Waals surface area contributed by atoms with E-state index in [1.54, 1.807) is 0 Å². The van der Waals surface area contributed by atoms with E-state index in [9.17, 15) is 18.3 Å². The van der Waals surface area contributed by atoms with E-state index in [0.29, 0.717) is 12.1 Å². The molecule has 3 atom stereocenters. The zero-order valence-corrected chi connectivity index (χ0v) is 19.3. The molecule has 0 unspecified atom stereocenters. The van der Waals surface area contributed by atoms with E-state index in [0.717, 1.165) is 55.5 Å². The van der Waals surface area contributed by atoms with Crippen molar-refractivity contribution in [1.29, 1.82) is 0 Å². The first-order chi connectivity index (χ1) is 15.6. The molecule has 1 aromatic rings. The second kappa shape index (κ2) is 9.62. The van der Waals surface area contributed by atoms with Crippen LogP contribution in [0.2, 0.25) is 0 Å². The lowest BCUT2D eigenvalue weighted by molar-refractivity contribution is -0.137. The average Bonchev–Trinajstić information content (AvgIpc) is 3.25. The number of halogens is 3. The van der Waals surface area contributed by atoms with Crippen LogP contribution >= 0.6 is 0 Å². The quantitative estimate of drug-likeness (QED) is 0.437. The van der Waals surface area contributed by atoms with Crippen LogP contribution in [0.5, 0.6) is 0 Å². The second-order valence-electron chi connectivity index (χ2n) is 9.74. The summed E-state index contributed by atoms with van der Waals surface area (Å²) in [6, 6.07) is 2.14. The Bertz CT molecular complexity index is 927. The fraction of sp³-hybridized carbons (Fsp3) is 0.667. The van der Waals surface area contributed by atoms with Gasteiger partial charge in [0.2, 0.25) is 5.96 Å². The van der Waals surface area contributed by atoms with Crippen LogP contribution < -0.4 is 10.7 Å². The summed E-state index contributed by atoms with van der Waals surface area (Å²) in [5, 5.41) is 13.6. The number of aliphatic imine (C=N–C) groups is 2. The molecule has 2 aliphatic heterocycles. The third-order valence-electron chi connectivity index (χ3n) is 7.11. The highest BCUT2D eigenvalue weighted by molar-refractivity contribution is 5.91. The van der Waals surface area contributed by atoms with Gasteiger partial charge in [-0.05, 0) is 77.2 Å². The van der Waals surface area contributed by atoms with Crippen LogP contribution in [-0.2, 0) is 0 Å². The topological polar surface area (TPSA) is 73.9 Å². The molecular weight excluding hydrogens is 431 g/mol. The molecule has 4 rings (SSSR count). The molecule has 33 heavy (non-hydrogen) atoms. The maximum Gasteiger partial charge on any atom is 0.391 e. The predicted octanol–water partition coefficient (Wildman–Crippen LogP) is 4.66. The van der Waals surface area contributed by atoms with Gasteiger partial charge in [0.25, 0.3) is 0 Å². The minimum atomic E-state index is -4.29. The van der Waals surface area contributed by atoms with Gasteiger partial charge in [0.15, 0.2) is 0 Å². The van der Waals surface area contributed by atoms with Gasteiger partial charge in [-0.1, -0.05) is 6.08 Å². The Hall–Kier alpha value is -2.13. The minimum Gasteiger partial charge on any atom is -0.393 e. The number of nitrogens with one attached hydrogen (secondary N) is 2. The SMILES string of the molecule is C=NC(=N[C@@H](C)CC(F)(F)F)Nn1c(C2CCC(O)CC2)cc(C2=C[C@@H]3CC[C@H](C2)N3)c1C. The number of aliphatic hydroxyl groups is 1. The largest absolute Gasteiger partial charge is 0.393 e. The summed E-state index contributed by atoms with van der Waals surface area (Å²) in [7, 11) is 0. The smallest absolute Gasteiger partial charge is 0.391 e. The second-order valence-corrected chi connectivity index (χ2v) is 9.74. The summed E-state index contributed by atoms with van der Waals surface area (Å²) in [4.78, 5) is 8.03. The Morgan fingerprint density at radius 3 is 2.64 bits per heavy atom. The van der Waals surface area contributed by atoms with Crippen LogP contribution in [0.4, 0.5) is 13.2 Å². The van der Waals surface area contributed by atoms with Gasteiger partial charge in [-0.2, -0.15) is 13.2 Å². The van der Waals surface area contributed by atoms with Gasteiger partial charge < -0.3 is 10.4 Å². The van der Waals surface area contributed by atoms with E-state index < -0.39 is 18.6 Å². The first-order valence-electron chi connectivity index (χ1n) is 11.9. The van der Waals surface area contributed by atoms with Crippen molar-refractivity contribution in [3.63, 3.8) is 0 Å². The van der Waals surface area contributed by atoms with Crippen LogP contribution in [-0.4, -0.2) is 52.9 Å². The fourth-order valence-electron chi connectivity index (χ4n) is 5.49. The number of aromatic nitrogens is 1. The number of aliphatic hydroxyl groups excluding tert-OH is 1. The molecule has 3 heterocycles. The molecule has 2 bridgehead atoms. The molecule has 9 heteroatoms. The van der Waals surface area contributed by atoms with E-state index in [4.69, 9.17) is 0 Å². The van der Waals surface area contributed by atoms with Crippen molar-refractivity contribution < 1.29 is 18.3 Å². The summed E-state index contributed by atoms with van der Waals surface area (Å²) in [6.07, 6.45) is 3.22. The maximum atomic E-state index is 12.8. The third-order valence-corrected chi connectivity index (χ3v) is 7.11. The molecule has 0 amide bonds. The van der Waals surface area contributed by atoms with E-state index in [1.807, 2.05) is 11.6 Å². The molecule has 0 aromatic carbocycles. The van der Waals surface area contributed by atoms with Crippen molar-refractivity contribution in [3.05, 3.63) is 29.1 Å². The molecule has 0 spiro atoms. The Kier molecular flexibility index (Phi) is 7.00. The summed E-state index contributed by atoms with van der Waals surface area (Å²) < 4.78 is 40.3. The molecule has 3 N–H and O–H groups in total. The van der Waals surface area contributed by atoms with Crippen LogP contribution in [0.25, 0.3) is 5.57 Å². The van der Waals surface area contributed by atoms with Crippen LogP contribution in [0.15, 0.2) is 22.1 Å². The van der Waals surface area contributed by atoms with Crippen LogP contribution in [0.3, 0.4) is 0 Å². The lowest BCUT2D eigenvalue weighted by Gasteiger charge is -2.27. The standard InChI is InChI=1S/C24H34F3N5O/c1-14(13-24(25,26)27)29-23(28-3)31-32-15(2)21(17-10-18-6-7-19(11-17)30-18)12-22(32)16-4-8-20(33)9-5-16/h10,12,14,16,18-20,30,33H,3-9,11,13H2,1-2H3,(H,29,31)/t14-,16?,18-,19+,20?/m0/s1. The summed E-state index contributed by atoms with van der Waals surface area (Å²) in [5.41, 5.74) is 7.67. The van der Waals surface area contributed by atoms with Crippen molar-refractivity contribution in [2.45, 2.75) is 102 Å². The number of hydrogen-bond acceptors (Lipinski definition) is 3. The zero-order valence-electron chi connectivity index (χ0n) is 19.3. The van der Waals surface area contributed by atoms with Gasteiger partial charge in [-0.25, -0.2) is 9.98 Å². The third kappa shape index (κ3) is 5.69. The van der Waals surface area contributed by atoms with Crippen molar-refractivity contribution in [1.82, 2.24) is 9.99 Å². The number of fused-ring (bicyclic) bond motifs is 2. The minimum absolute atomic E-state index is 0.0773. The van der Waals surface area contributed by atoms with E-state index >= 15 is 0 Å². The number of nitrogens with zero attached hydrogens (tertiary/aromatic N) is 3. The number of alkyl halides is 3. The summed E-state index contributed by atoms with van der Waals surface area (Å²) in [6.45, 7) is 6.97. The van der Waals surface area contributed by atoms with Crippen LogP contribution in [0, 0.1) is 6.92 Å². The van der Waals surface area contributed by atoms with Gasteiger partial charge >= 0.3 is 6.18 Å². The Balaban J connectivity index is 1.66. The van der Waals surface area contributed by atoms with E-state index in [-0.39, 0.29) is 18.0 Å². The van der Waals surface area contributed by atoms with E-state index in [1.165, 1.54) is 18.9 Å². The molecule has 2 fully saturated rings. The van der Waals surface area contributed by atoms with Gasteiger partial charge in [0.05, 0.1) is 18.6 Å². The van der Waals surface area contributed by atoms with Gasteiger partial charge in [0, 0.05) is 35.0 Å². The van der Waals surface area contributed by atoms with Gasteiger partial charge in [0.1, 0.15) is 0 Å². The van der Waals surface area contributed by atoms with Crippen LogP contribution in [0.1, 0.15) is 81.2 Å². The van der Waals surface area contributed by atoms with Gasteiger partial charge in [-0.15, -0.1) is 0 Å². The van der Waals surface area contributed by atoms with Crippen molar-refractivity contribution in [2.75, 3.05) is 5.43 Å². The predicted molar refractivity (Wildman–Crippen MR) is 125 cm³/mol. The molecular formula is C24H34F3N5O. The van der Waals surface area contributed by atoms with Gasteiger partial charge in [-0.3, -0.25) is 10.1 Å². The molecule has 6 nitrogen and oxygen atoms in total. The maximum absolute atomic E-state index is 12.8. The van der Waals surface area contributed by atoms with E-state index in [2.05, 4.69) is 39.6 Å². The first-order valence-corrected chi connectivity index (χ1v) is 11.9. The van der Waals surface area contributed by atoms with Crippen molar-refractivity contribution >= 4 is 18.3 Å². The Morgan fingerprint density at radius 2 is 2.00 bits per heavy atom. The Labute approximate surface area is 193 Å². The lowest BCUT2D eigenvalue weighted by Crippen LogP contribution is -2.32. The fourth-order valence-corrected chi connectivity index (χ4v) is 5.49. The average molecular weight is 466 g/mol. The number of guanidine groups is 1. The molecule has 182 valence electrons. The highest BCUT2D eigenvalue weighted by atomic mass is 19.4. The summed E-state index contributed by atoms with van der Waals surface area (Å²) >= 11 is 0. The molecule has 1 aromatic heterocycles. The molecule has 1 aliphatic carbocycles. The molecule has 0 radical (unpaired) electrons. The normalized spacial score (nSPS) is 29.0. The number of hydrogen-bond donors (Lipinski definition) is 3. The monoisotopic (exact) mass is 465 g/mol. The van der Waals surface area contributed by atoms with Crippen molar-refractivity contribution in [2.24, 2.45) is 9.98 Å². The first kappa shape index (κ1) is 24.0. The zero-order chi connectivity index (χ0) is 23.8. The molecule has 1 saturated carbocycles. The van der Waals surface area contributed by atoms with Crippen molar-refractivity contribution in [3.8, 4) is 0 Å². The molecule has 3 aliphatic rings. The number of rotatable bonds is 5.